The molecule has 0 aromatic carbocycles. The Labute approximate surface area is 158 Å². The summed E-state index contributed by atoms with van der Waals surface area (Å²) < 4.78 is 2.25. The molecule has 0 unspecified atom stereocenters. The van der Waals surface area contributed by atoms with Crippen LogP contribution in [0.4, 0.5) is 0 Å². The molecule has 2 aromatic heterocycles. The second-order valence-electron chi connectivity index (χ2n) is 6.20. The van der Waals surface area contributed by atoms with Crippen LogP contribution < -0.4 is 10.6 Å². The standard InChI is InChI=1S/C17H28N6S2/c1-13(2)11-23-15(21-22-17(23)24-4)6-5-8-19-16(18-3)20-10-14-7-9-25-12-14/h7,9,12-13H,5-6,8,10-11H2,1-4H3,(H2,18,19,20). The molecule has 2 aromatic rings. The lowest BCUT2D eigenvalue weighted by atomic mass is 10.2. The number of thioether (sulfide) groups is 1. The lowest BCUT2D eigenvalue weighted by molar-refractivity contribution is 0.477. The summed E-state index contributed by atoms with van der Waals surface area (Å²) in [5.41, 5.74) is 1.28. The van der Waals surface area contributed by atoms with E-state index < -0.39 is 0 Å². The van der Waals surface area contributed by atoms with Gasteiger partial charge in [0.05, 0.1) is 0 Å². The van der Waals surface area contributed by atoms with E-state index >= 15 is 0 Å². The number of rotatable bonds is 9. The maximum atomic E-state index is 4.37. The summed E-state index contributed by atoms with van der Waals surface area (Å²) in [6, 6.07) is 2.12. The molecule has 0 bridgehead atoms. The Morgan fingerprint density at radius 3 is 2.84 bits per heavy atom. The second-order valence-corrected chi connectivity index (χ2v) is 7.75. The van der Waals surface area contributed by atoms with Crippen LogP contribution in [0.3, 0.4) is 0 Å². The molecule has 25 heavy (non-hydrogen) atoms. The Morgan fingerprint density at radius 1 is 1.36 bits per heavy atom. The van der Waals surface area contributed by atoms with Crippen molar-refractivity contribution in [2.24, 2.45) is 10.9 Å². The van der Waals surface area contributed by atoms with Crippen LogP contribution in [0, 0.1) is 5.92 Å². The highest BCUT2D eigenvalue weighted by Gasteiger charge is 2.12. The number of aryl methyl sites for hydroxylation is 1. The summed E-state index contributed by atoms with van der Waals surface area (Å²) >= 11 is 3.37. The van der Waals surface area contributed by atoms with Crippen LogP contribution in [0.2, 0.25) is 0 Å². The predicted molar refractivity (Wildman–Crippen MR) is 107 cm³/mol. The van der Waals surface area contributed by atoms with Crippen molar-refractivity contribution < 1.29 is 0 Å². The molecule has 2 N–H and O–H groups in total. The Bertz CT molecular complexity index is 648. The number of hydrogen-bond donors (Lipinski definition) is 2. The second kappa shape index (κ2) is 10.5. The van der Waals surface area contributed by atoms with Gasteiger partial charge in [-0.05, 0) is 41.0 Å². The first-order chi connectivity index (χ1) is 12.1. The van der Waals surface area contributed by atoms with Crippen LogP contribution in [0.15, 0.2) is 27.0 Å². The lowest BCUT2D eigenvalue weighted by Gasteiger charge is -2.13. The molecule has 0 aliphatic heterocycles. The van der Waals surface area contributed by atoms with Gasteiger partial charge in [-0.2, -0.15) is 11.3 Å². The minimum absolute atomic E-state index is 0.582. The summed E-state index contributed by atoms with van der Waals surface area (Å²) in [6.07, 6.45) is 3.95. The summed E-state index contributed by atoms with van der Waals surface area (Å²) in [7, 11) is 1.80. The molecule has 0 spiro atoms. The van der Waals surface area contributed by atoms with Crippen molar-refractivity contribution in [3.8, 4) is 0 Å². The summed E-state index contributed by atoms with van der Waals surface area (Å²) in [5.74, 6) is 2.49. The van der Waals surface area contributed by atoms with Crippen LogP contribution in [0.25, 0.3) is 0 Å². The largest absolute Gasteiger partial charge is 0.356 e. The number of guanidine groups is 1. The zero-order valence-corrected chi connectivity index (χ0v) is 17.1. The lowest BCUT2D eigenvalue weighted by Crippen LogP contribution is -2.37. The number of hydrogen-bond acceptors (Lipinski definition) is 5. The number of thiophene rings is 1. The van der Waals surface area contributed by atoms with Crippen molar-refractivity contribution in [2.45, 2.75) is 44.9 Å². The van der Waals surface area contributed by atoms with E-state index in [4.69, 9.17) is 0 Å². The number of aliphatic imine (C=N–C) groups is 1. The first kappa shape index (κ1) is 19.8. The van der Waals surface area contributed by atoms with Crippen LogP contribution in [-0.4, -0.2) is 40.6 Å². The maximum absolute atomic E-state index is 4.37. The minimum atomic E-state index is 0.582. The van der Waals surface area contributed by atoms with Crippen molar-refractivity contribution >= 4 is 29.1 Å². The molecule has 0 radical (unpaired) electrons. The monoisotopic (exact) mass is 380 g/mol. The fourth-order valence-corrected chi connectivity index (χ4v) is 3.65. The van der Waals surface area contributed by atoms with Gasteiger partial charge in [-0.25, -0.2) is 0 Å². The molecule has 0 fully saturated rings. The highest BCUT2D eigenvalue weighted by atomic mass is 32.2. The molecular formula is C17H28N6S2. The Balaban J connectivity index is 1.77. The van der Waals surface area contributed by atoms with E-state index in [1.54, 1.807) is 30.1 Å². The maximum Gasteiger partial charge on any atom is 0.191 e. The molecule has 0 atom stereocenters. The molecule has 0 aliphatic carbocycles. The van der Waals surface area contributed by atoms with Gasteiger partial charge in [-0.3, -0.25) is 4.99 Å². The van der Waals surface area contributed by atoms with E-state index in [9.17, 15) is 0 Å². The van der Waals surface area contributed by atoms with Crippen LogP contribution in [0.5, 0.6) is 0 Å². The highest BCUT2D eigenvalue weighted by molar-refractivity contribution is 7.98. The first-order valence-electron chi connectivity index (χ1n) is 8.55. The summed E-state index contributed by atoms with van der Waals surface area (Å²) in [5, 5.41) is 20.6. The zero-order chi connectivity index (χ0) is 18.1. The quantitative estimate of drug-likeness (QED) is 0.303. The molecule has 6 nitrogen and oxygen atoms in total. The normalized spacial score (nSPS) is 12.0. The van der Waals surface area contributed by atoms with E-state index in [-0.39, 0.29) is 0 Å². The van der Waals surface area contributed by atoms with Gasteiger partial charge < -0.3 is 15.2 Å². The van der Waals surface area contributed by atoms with E-state index in [0.717, 1.165) is 49.4 Å². The van der Waals surface area contributed by atoms with Crippen LogP contribution >= 0.6 is 23.1 Å². The molecule has 2 rings (SSSR count). The smallest absolute Gasteiger partial charge is 0.191 e. The predicted octanol–water partition coefficient (Wildman–Crippen LogP) is 3.02. The van der Waals surface area contributed by atoms with Gasteiger partial charge in [0.1, 0.15) is 5.82 Å². The molecule has 2 heterocycles. The van der Waals surface area contributed by atoms with Crippen molar-refractivity contribution in [2.75, 3.05) is 19.8 Å². The molecule has 0 aliphatic rings. The SMILES string of the molecule is CN=C(NCCCc1nnc(SC)n1CC(C)C)NCc1ccsc1. The van der Waals surface area contributed by atoms with Gasteiger partial charge in [0, 0.05) is 33.1 Å². The summed E-state index contributed by atoms with van der Waals surface area (Å²) in [6.45, 7) is 7.06. The van der Waals surface area contributed by atoms with Crippen LogP contribution in [-0.2, 0) is 19.5 Å². The molecule has 138 valence electrons. The minimum Gasteiger partial charge on any atom is -0.356 e. The van der Waals surface area contributed by atoms with E-state index in [1.165, 1.54) is 5.56 Å². The number of nitrogens with zero attached hydrogens (tertiary/aromatic N) is 4. The molecule has 0 saturated carbocycles. The van der Waals surface area contributed by atoms with Crippen molar-refractivity contribution in [3.05, 3.63) is 28.2 Å². The Kier molecular flexibility index (Phi) is 8.27. The van der Waals surface area contributed by atoms with Crippen molar-refractivity contribution in [3.63, 3.8) is 0 Å². The van der Waals surface area contributed by atoms with E-state index in [1.807, 2.05) is 0 Å². The number of aromatic nitrogens is 3. The molecule has 8 heteroatoms. The summed E-state index contributed by atoms with van der Waals surface area (Å²) in [4.78, 5) is 4.27. The third-order valence-electron chi connectivity index (χ3n) is 3.66. The van der Waals surface area contributed by atoms with Gasteiger partial charge in [0.25, 0.3) is 0 Å². The van der Waals surface area contributed by atoms with Gasteiger partial charge in [0.2, 0.25) is 0 Å². The van der Waals surface area contributed by atoms with Gasteiger partial charge >= 0.3 is 0 Å². The topological polar surface area (TPSA) is 67.1 Å². The van der Waals surface area contributed by atoms with E-state index in [0.29, 0.717) is 5.92 Å². The van der Waals surface area contributed by atoms with Crippen molar-refractivity contribution in [1.82, 2.24) is 25.4 Å². The third kappa shape index (κ3) is 6.36. The average Bonchev–Trinajstić information content (AvgIpc) is 3.24. The third-order valence-corrected chi connectivity index (χ3v) is 5.06. The fourth-order valence-electron chi connectivity index (χ4n) is 2.46. The zero-order valence-electron chi connectivity index (χ0n) is 15.5. The first-order valence-corrected chi connectivity index (χ1v) is 10.7. The number of nitrogens with one attached hydrogen (secondary N) is 2. The van der Waals surface area contributed by atoms with Crippen LogP contribution in [0.1, 0.15) is 31.7 Å². The van der Waals surface area contributed by atoms with Gasteiger partial charge in [-0.1, -0.05) is 25.6 Å². The highest BCUT2D eigenvalue weighted by Crippen LogP contribution is 2.16. The van der Waals surface area contributed by atoms with E-state index in [2.05, 4.69) is 67.3 Å². The average molecular weight is 381 g/mol. The van der Waals surface area contributed by atoms with Crippen molar-refractivity contribution in [1.29, 1.82) is 0 Å². The van der Waals surface area contributed by atoms with Gasteiger partial charge in [-0.15, -0.1) is 10.2 Å². The Hall–Kier alpha value is -1.54. The fraction of sp³-hybridized carbons (Fsp3) is 0.588. The molecule has 0 saturated heterocycles. The molecular weight excluding hydrogens is 352 g/mol. The Morgan fingerprint density at radius 2 is 2.20 bits per heavy atom. The molecule has 0 amide bonds. The van der Waals surface area contributed by atoms with Gasteiger partial charge in [0.15, 0.2) is 11.1 Å².